The van der Waals surface area contributed by atoms with Crippen molar-refractivity contribution in [3.63, 3.8) is 0 Å². The van der Waals surface area contributed by atoms with Crippen molar-refractivity contribution in [1.82, 2.24) is 9.80 Å². The molecule has 0 bridgehead atoms. The smallest absolute Gasteiger partial charge is 0.295 e. The van der Waals surface area contributed by atoms with Gasteiger partial charge in [0.05, 0.1) is 11.6 Å². The Kier molecular flexibility index (Phi) is 6.93. The molecule has 1 N–H and O–H groups in total. The van der Waals surface area contributed by atoms with Gasteiger partial charge in [-0.2, -0.15) is 0 Å². The SMILES string of the molecule is CC(C)c1ccc([C@@H]2C(=C(O)c3ccc4c(c3)OCCO4)C(=O)C(=O)N2CCCN(C)C)cc1. The van der Waals surface area contributed by atoms with Crippen molar-refractivity contribution in [2.75, 3.05) is 40.4 Å². The molecule has 2 aliphatic rings. The molecule has 7 heteroatoms. The summed E-state index contributed by atoms with van der Waals surface area (Å²) in [6.45, 7) is 6.30. The Morgan fingerprint density at radius 2 is 1.74 bits per heavy atom. The summed E-state index contributed by atoms with van der Waals surface area (Å²) in [6, 6.07) is 12.3. The van der Waals surface area contributed by atoms with Gasteiger partial charge in [-0.1, -0.05) is 38.1 Å². The third-order valence-corrected chi connectivity index (χ3v) is 6.28. The van der Waals surface area contributed by atoms with Crippen molar-refractivity contribution < 1.29 is 24.2 Å². The van der Waals surface area contributed by atoms with Gasteiger partial charge >= 0.3 is 0 Å². The van der Waals surface area contributed by atoms with Gasteiger partial charge in [-0.3, -0.25) is 9.59 Å². The number of fused-ring (bicyclic) bond motifs is 1. The van der Waals surface area contributed by atoms with Crippen molar-refractivity contribution in [2.45, 2.75) is 32.2 Å². The van der Waals surface area contributed by atoms with E-state index in [1.807, 2.05) is 43.3 Å². The van der Waals surface area contributed by atoms with Crippen LogP contribution in [0.25, 0.3) is 5.76 Å². The van der Waals surface area contributed by atoms with Crippen LogP contribution >= 0.6 is 0 Å². The van der Waals surface area contributed by atoms with Gasteiger partial charge in [0.2, 0.25) is 0 Å². The number of hydrogen-bond donors (Lipinski definition) is 1. The van der Waals surface area contributed by atoms with Crippen LogP contribution in [0, 0.1) is 0 Å². The predicted molar refractivity (Wildman–Crippen MR) is 130 cm³/mol. The summed E-state index contributed by atoms with van der Waals surface area (Å²) in [7, 11) is 3.94. The summed E-state index contributed by atoms with van der Waals surface area (Å²) < 4.78 is 11.2. The van der Waals surface area contributed by atoms with Crippen LogP contribution in [-0.2, 0) is 9.59 Å². The van der Waals surface area contributed by atoms with E-state index in [1.165, 1.54) is 5.56 Å². The zero-order valence-electron chi connectivity index (χ0n) is 20.2. The molecule has 0 aliphatic carbocycles. The Hall–Kier alpha value is -3.32. The van der Waals surface area contributed by atoms with Gasteiger partial charge in [0.1, 0.15) is 19.0 Å². The average Bonchev–Trinajstić information content (AvgIpc) is 3.08. The number of amides is 1. The summed E-state index contributed by atoms with van der Waals surface area (Å²) in [4.78, 5) is 29.9. The van der Waals surface area contributed by atoms with Gasteiger partial charge < -0.3 is 24.4 Å². The molecule has 0 saturated carbocycles. The summed E-state index contributed by atoms with van der Waals surface area (Å²) in [5.41, 5.74) is 2.48. The molecule has 0 aromatic heterocycles. The number of nitrogens with zero attached hydrogens (tertiary/aromatic N) is 2. The molecular weight excluding hydrogens is 432 g/mol. The molecule has 7 nitrogen and oxygen atoms in total. The van der Waals surface area contributed by atoms with E-state index >= 15 is 0 Å². The molecule has 2 aliphatic heterocycles. The molecule has 2 aromatic rings. The lowest BCUT2D eigenvalue weighted by Gasteiger charge is -2.26. The minimum atomic E-state index is -0.671. The molecule has 0 unspecified atom stereocenters. The maximum absolute atomic E-state index is 13.2. The molecule has 4 rings (SSSR count). The van der Waals surface area contributed by atoms with Gasteiger partial charge in [0, 0.05) is 12.1 Å². The van der Waals surface area contributed by atoms with Crippen LogP contribution in [0.4, 0.5) is 0 Å². The van der Waals surface area contributed by atoms with Crippen molar-refractivity contribution in [3.8, 4) is 11.5 Å². The van der Waals surface area contributed by atoms with Crippen molar-refractivity contribution in [1.29, 1.82) is 0 Å². The number of carbonyl (C=O) groups is 2. The second-order valence-corrected chi connectivity index (χ2v) is 9.33. The van der Waals surface area contributed by atoms with E-state index in [4.69, 9.17) is 9.47 Å². The van der Waals surface area contributed by atoms with Crippen LogP contribution in [0.5, 0.6) is 11.5 Å². The minimum Gasteiger partial charge on any atom is -0.507 e. The molecule has 1 atom stereocenters. The van der Waals surface area contributed by atoms with E-state index in [2.05, 4.69) is 13.8 Å². The third-order valence-electron chi connectivity index (χ3n) is 6.28. The van der Waals surface area contributed by atoms with E-state index in [0.717, 1.165) is 12.1 Å². The zero-order chi connectivity index (χ0) is 24.4. The van der Waals surface area contributed by atoms with E-state index in [1.54, 1.807) is 23.1 Å². The molecule has 1 fully saturated rings. The molecule has 1 amide bonds. The largest absolute Gasteiger partial charge is 0.507 e. The number of aliphatic hydroxyl groups is 1. The van der Waals surface area contributed by atoms with Crippen LogP contribution in [-0.4, -0.2) is 67.0 Å². The van der Waals surface area contributed by atoms with E-state index in [9.17, 15) is 14.7 Å². The summed E-state index contributed by atoms with van der Waals surface area (Å²) in [6.07, 6.45) is 0.713. The van der Waals surface area contributed by atoms with Crippen LogP contribution in [0.2, 0.25) is 0 Å². The first-order chi connectivity index (χ1) is 16.3. The molecule has 0 spiro atoms. The average molecular weight is 465 g/mol. The molecule has 2 heterocycles. The van der Waals surface area contributed by atoms with E-state index < -0.39 is 17.7 Å². The predicted octanol–water partition coefficient (Wildman–Crippen LogP) is 3.95. The first-order valence-electron chi connectivity index (χ1n) is 11.7. The number of benzene rings is 2. The van der Waals surface area contributed by atoms with E-state index in [0.29, 0.717) is 49.2 Å². The highest BCUT2D eigenvalue weighted by Crippen LogP contribution is 2.41. The maximum Gasteiger partial charge on any atom is 0.295 e. The quantitative estimate of drug-likeness (QED) is 0.380. The lowest BCUT2D eigenvalue weighted by molar-refractivity contribution is -0.139. The number of aliphatic hydroxyl groups excluding tert-OH is 1. The number of carbonyl (C=O) groups excluding carboxylic acids is 2. The number of rotatable bonds is 7. The topological polar surface area (TPSA) is 79.3 Å². The summed E-state index contributed by atoms with van der Waals surface area (Å²) >= 11 is 0. The second-order valence-electron chi connectivity index (χ2n) is 9.33. The lowest BCUT2D eigenvalue weighted by atomic mass is 9.93. The third kappa shape index (κ3) is 4.66. The molecule has 1 saturated heterocycles. The number of Topliss-reactive ketones (excluding diaryl/α,β-unsaturated/α-hetero) is 1. The Labute approximate surface area is 200 Å². The summed E-state index contributed by atoms with van der Waals surface area (Å²) in [5, 5.41) is 11.3. The van der Waals surface area contributed by atoms with Crippen LogP contribution in [0.3, 0.4) is 0 Å². The highest BCUT2D eigenvalue weighted by Gasteiger charge is 2.45. The second kappa shape index (κ2) is 9.89. The Morgan fingerprint density at radius 3 is 2.38 bits per heavy atom. The van der Waals surface area contributed by atoms with Crippen molar-refractivity contribution in [2.24, 2.45) is 0 Å². The van der Waals surface area contributed by atoms with Gasteiger partial charge in [-0.25, -0.2) is 0 Å². The molecule has 180 valence electrons. The Balaban J connectivity index is 1.78. The standard InChI is InChI=1S/C27H32N2O5/c1-17(2)18-6-8-19(9-7-18)24-23(26(31)27(32)29(24)13-5-12-28(3)4)25(30)20-10-11-21-22(16-20)34-15-14-33-21/h6-11,16-17,24,30H,5,12-15H2,1-4H3/t24-/m1/s1. The van der Waals surface area contributed by atoms with Gasteiger partial charge in [0.25, 0.3) is 11.7 Å². The summed E-state index contributed by atoms with van der Waals surface area (Å²) in [5.74, 6) is -0.00587. The van der Waals surface area contributed by atoms with Gasteiger partial charge in [-0.05, 0) is 62.3 Å². The molecular formula is C27H32N2O5. The van der Waals surface area contributed by atoms with E-state index in [-0.39, 0.29) is 11.3 Å². The highest BCUT2D eigenvalue weighted by molar-refractivity contribution is 6.46. The normalized spacial score (nSPS) is 19.4. The first-order valence-corrected chi connectivity index (χ1v) is 11.7. The van der Waals surface area contributed by atoms with Gasteiger partial charge in [-0.15, -0.1) is 0 Å². The Morgan fingerprint density at radius 1 is 1.06 bits per heavy atom. The lowest BCUT2D eigenvalue weighted by Crippen LogP contribution is -2.32. The van der Waals surface area contributed by atoms with Crippen LogP contribution < -0.4 is 9.47 Å². The van der Waals surface area contributed by atoms with Gasteiger partial charge in [0.15, 0.2) is 11.5 Å². The highest BCUT2D eigenvalue weighted by atomic mass is 16.6. The minimum absolute atomic E-state index is 0.101. The zero-order valence-corrected chi connectivity index (χ0v) is 20.2. The number of likely N-dealkylation sites (tertiary alicyclic amines) is 1. The maximum atomic E-state index is 13.2. The molecule has 34 heavy (non-hydrogen) atoms. The Bertz CT molecular complexity index is 1100. The van der Waals surface area contributed by atoms with Crippen molar-refractivity contribution in [3.05, 3.63) is 64.7 Å². The number of ketones is 1. The van der Waals surface area contributed by atoms with Crippen LogP contribution in [0.15, 0.2) is 48.0 Å². The molecule has 2 aromatic carbocycles. The fourth-order valence-electron chi connectivity index (χ4n) is 4.42. The number of hydrogen-bond acceptors (Lipinski definition) is 6. The fraction of sp³-hybridized carbons (Fsp3) is 0.407. The van der Waals surface area contributed by atoms with Crippen molar-refractivity contribution >= 4 is 17.4 Å². The molecule has 0 radical (unpaired) electrons. The number of ether oxygens (including phenoxy) is 2. The first kappa shape index (κ1) is 23.8. The van der Waals surface area contributed by atoms with Crippen LogP contribution in [0.1, 0.15) is 48.9 Å². The monoisotopic (exact) mass is 464 g/mol. The fourth-order valence-corrected chi connectivity index (χ4v) is 4.42.